The van der Waals surface area contributed by atoms with Crippen LogP contribution in [0.5, 0.6) is 5.88 Å². The minimum absolute atomic E-state index is 0.0102. The van der Waals surface area contributed by atoms with E-state index in [1.807, 2.05) is 26.0 Å². The minimum Gasteiger partial charge on any atom is -0.478 e. The predicted molar refractivity (Wildman–Crippen MR) is 97.8 cm³/mol. The highest BCUT2D eigenvalue weighted by atomic mass is 16.5. The Morgan fingerprint density at radius 2 is 2.32 bits per heavy atom. The average Bonchev–Trinajstić information content (AvgIpc) is 3.07. The van der Waals surface area contributed by atoms with Crippen LogP contribution in [0.25, 0.3) is 0 Å². The van der Waals surface area contributed by atoms with Crippen molar-refractivity contribution in [2.45, 2.75) is 33.2 Å². The third-order valence-electron chi connectivity index (χ3n) is 4.31. The summed E-state index contributed by atoms with van der Waals surface area (Å²) in [6.45, 7) is 8.26. The lowest BCUT2D eigenvalue weighted by molar-refractivity contribution is 0.127. The number of hydrogen-bond donors (Lipinski definition) is 3. The van der Waals surface area contributed by atoms with Crippen molar-refractivity contribution in [1.29, 1.82) is 0 Å². The van der Waals surface area contributed by atoms with Crippen molar-refractivity contribution >= 4 is 5.96 Å². The Balaban J connectivity index is 1.96. The van der Waals surface area contributed by atoms with Crippen LogP contribution in [-0.4, -0.2) is 55.6 Å². The largest absolute Gasteiger partial charge is 0.478 e. The Morgan fingerprint density at radius 3 is 3.00 bits per heavy atom. The number of ether oxygens (including phenoxy) is 2. The summed E-state index contributed by atoms with van der Waals surface area (Å²) in [6.07, 6.45) is 3.44. The summed E-state index contributed by atoms with van der Waals surface area (Å²) in [5, 5.41) is 16.0. The molecule has 0 amide bonds. The number of rotatable bonds is 9. The van der Waals surface area contributed by atoms with E-state index in [9.17, 15) is 5.11 Å². The number of nitrogens with one attached hydrogen (secondary N) is 2. The smallest absolute Gasteiger partial charge is 0.213 e. The van der Waals surface area contributed by atoms with Gasteiger partial charge >= 0.3 is 0 Å². The molecule has 7 heteroatoms. The van der Waals surface area contributed by atoms with Crippen LogP contribution in [0.1, 0.15) is 32.3 Å². The minimum atomic E-state index is -0.0102. The van der Waals surface area contributed by atoms with Gasteiger partial charge in [-0.25, -0.2) is 9.98 Å². The Labute approximate surface area is 149 Å². The van der Waals surface area contributed by atoms with E-state index in [0.717, 1.165) is 44.1 Å². The molecular formula is C18H30N4O3. The first-order valence-electron chi connectivity index (χ1n) is 9.00. The monoisotopic (exact) mass is 350 g/mol. The topological polar surface area (TPSA) is 88.0 Å². The highest BCUT2D eigenvalue weighted by Crippen LogP contribution is 2.31. The van der Waals surface area contributed by atoms with Gasteiger partial charge in [0.1, 0.15) is 0 Å². The lowest BCUT2D eigenvalue weighted by atomic mass is 9.84. The molecule has 0 radical (unpaired) electrons. The lowest BCUT2D eigenvalue weighted by Crippen LogP contribution is -2.44. The zero-order valence-corrected chi connectivity index (χ0v) is 15.3. The van der Waals surface area contributed by atoms with Crippen LogP contribution in [0.2, 0.25) is 0 Å². The third-order valence-corrected chi connectivity index (χ3v) is 4.31. The number of hydrogen-bond acceptors (Lipinski definition) is 5. The number of guanidine groups is 1. The molecule has 140 valence electrons. The second-order valence-electron chi connectivity index (χ2n) is 6.26. The average molecular weight is 350 g/mol. The second-order valence-corrected chi connectivity index (χ2v) is 6.26. The van der Waals surface area contributed by atoms with E-state index >= 15 is 0 Å². The quantitative estimate of drug-likeness (QED) is 0.460. The van der Waals surface area contributed by atoms with Crippen LogP contribution in [0.4, 0.5) is 0 Å². The maximum Gasteiger partial charge on any atom is 0.213 e. The first-order valence-corrected chi connectivity index (χ1v) is 9.00. The Hall–Kier alpha value is -1.86. The number of aliphatic hydroxyl groups is 1. The van der Waals surface area contributed by atoms with E-state index in [1.54, 1.807) is 6.20 Å². The predicted octanol–water partition coefficient (Wildman–Crippen LogP) is 1.32. The van der Waals surface area contributed by atoms with Gasteiger partial charge in [-0.05, 0) is 38.3 Å². The van der Waals surface area contributed by atoms with Crippen LogP contribution in [0.3, 0.4) is 0 Å². The number of aromatic nitrogens is 1. The highest BCUT2D eigenvalue weighted by Gasteiger charge is 2.34. The zero-order valence-electron chi connectivity index (χ0n) is 15.3. The molecule has 1 aliphatic heterocycles. The van der Waals surface area contributed by atoms with E-state index < -0.39 is 0 Å². The Bertz CT molecular complexity index is 545. The maximum absolute atomic E-state index is 9.34. The molecule has 0 saturated carbocycles. The van der Waals surface area contributed by atoms with Crippen molar-refractivity contribution in [3.8, 4) is 5.88 Å². The molecule has 1 aromatic heterocycles. The van der Waals surface area contributed by atoms with E-state index in [1.165, 1.54) is 0 Å². The van der Waals surface area contributed by atoms with Crippen LogP contribution in [-0.2, 0) is 11.3 Å². The number of nitrogens with zero attached hydrogens (tertiary/aromatic N) is 2. The van der Waals surface area contributed by atoms with Gasteiger partial charge < -0.3 is 25.2 Å². The summed E-state index contributed by atoms with van der Waals surface area (Å²) in [7, 11) is 0. The van der Waals surface area contributed by atoms with E-state index in [4.69, 9.17) is 9.47 Å². The van der Waals surface area contributed by atoms with Crippen LogP contribution >= 0.6 is 0 Å². The SMILES string of the molecule is CCNC(=NCc1ccnc(OCC)c1)NCC1(CCO)CCOC1. The Morgan fingerprint density at radius 1 is 1.44 bits per heavy atom. The van der Waals surface area contributed by atoms with Gasteiger partial charge in [-0.1, -0.05) is 0 Å². The van der Waals surface area contributed by atoms with E-state index in [0.29, 0.717) is 25.6 Å². The van der Waals surface area contributed by atoms with Crippen molar-refractivity contribution in [3.05, 3.63) is 23.9 Å². The molecule has 2 rings (SSSR count). The van der Waals surface area contributed by atoms with Gasteiger partial charge in [0.15, 0.2) is 5.96 Å². The molecule has 1 atom stereocenters. The summed E-state index contributed by atoms with van der Waals surface area (Å²) in [5.41, 5.74) is 1.04. The molecule has 2 heterocycles. The lowest BCUT2D eigenvalue weighted by Gasteiger charge is -2.27. The fraction of sp³-hybridized carbons (Fsp3) is 0.667. The number of pyridine rings is 1. The van der Waals surface area contributed by atoms with E-state index in [-0.39, 0.29) is 12.0 Å². The van der Waals surface area contributed by atoms with Gasteiger partial charge in [-0.2, -0.15) is 0 Å². The first kappa shape index (κ1) is 19.5. The fourth-order valence-corrected chi connectivity index (χ4v) is 2.87. The molecule has 0 aromatic carbocycles. The summed E-state index contributed by atoms with van der Waals surface area (Å²) in [6, 6.07) is 3.85. The molecule has 1 aromatic rings. The fourth-order valence-electron chi connectivity index (χ4n) is 2.87. The number of aliphatic hydroxyl groups excluding tert-OH is 1. The van der Waals surface area contributed by atoms with Gasteiger partial charge in [0.25, 0.3) is 0 Å². The summed E-state index contributed by atoms with van der Waals surface area (Å²) in [5.74, 6) is 1.39. The van der Waals surface area contributed by atoms with Crippen molar-refractivity contribution in [3.63, 3.8) is 0 Å². The molecule has 1 aliphatic rings. The molecule has 0 spiro atoms. The normalized spacial score (nSPS) is 20.5. The van der Waals surface area contributed by atoms with Crippen molar-refractivity contribution in [1.82, 2.24) is 15.6 Å². The Kier molecular flexibility index (Phi) is 7.94. The van der Waals surface area contributed by atoms with Gasteiger partial charge in [-0.15, -0.1) is 0 Å². The third kappa shape index (κ3) is 6.17. The van der Waals surface area contributed by atoms with Crippen molar-refractivity contribution < 1.29 is 14.6 Å². The summed E-state index contributed by atoms with van der Waals surface area (Å²) in [4.78, 5) is 8.82. The highest BCUT2D eigenvalue weighted by molar-refractivity contribution is 5.79. The molecule has 3 N–H and O–H groups in total. The molecule has 25 heavy (non-hydrogen) atoms. The maximum atomic E-state index is 9.34. The first-order chi connectivity index (χ1) is 12.2. The second kappa shape index (κ2) is 10.2. The summed E-state index contributed by atoms with van der Waals surface area (Å²) < 4.78 is 11.0. The molecular weight excluding hydrogens is 320 g/mol. The summed E-state index contributed by atoms with van der Waals surface area (Å²) >= 11 is 0. The van der Waals surface area contributed by atoms with Gasteiger partial charge in [0, 0.05) is 44.0 Å². The van der Waals surface area contributed by atoms with Crippen LogP contribution in [0.15, 0.2) is 23.3 Å². The molecule has 7 nitrogen and oxygen atoms in total. The molecule has 1 unspecified atom stereocenters. The van der Waals surface area contributed by atoms with Gasteiger partial charge in [-0.3, -0.25) is 0 Å². The van der Waals surface area contributed by atoms with Crippen molar-refractivity contribution in [2.75, 3.05) is 39.5 Å². The van der Waals surface area contributed by atoms with Crippen LogP contribution < -0.4 is 15.4 Å². The van der Waals surface area contributed by atoms with Gasteiger partial charge in [0.2, 0.25) is 5.88 Å². The van der Waals surface area contributed by atoms with Crippen molar-refractivity contribution in [2.24, 2.45) is 10.4 Å². The molecule has 0 bridgehead atoms. The number of aliphatic imine (C=N–C) groups is 1. The molecule has 1 saturated heterocycles. The standard InChI is InChI=1S/C18H30N4O3/c1-3-19-17(22-13-18(6-9-23)7-10-24-14-18)21-12-15-5-8-20-16(11-15)25-4-2/h5,8,11,23H,3-4,6-7,9-10,12-14H2,1-2H3,(H2,19,21,22). The molecule has 1 fully saturated rings. The van der Waals surface area contributed by atoms with Crippen LogP contribution in [0, 0.1) is 5.41 Å². The molecule has 0 aliphatic carbocycles. The van der Waals surface area contributed by atoms with E-state index in [2.05, 4.69) is 20.6 Å². The van der Waals surface area contributed by atoms with Gasteiger partial charge in [0.05, 0.1) is 19.8 Å². The zero-order chi connectivity index (χ0) is 18.0.